The second kappa shape index (κ2) is 10.4. The largest absolute Gasteiger partial charge is 0.496 e. The summed E-state index contributed by atoms with van der Waals surface area (Å²) in [4.78, 5) is 14.2. The molecule has 30 heavy (non-hydrogen) atoms. The zero-order valence-electron chi connectivity index (χ0n) is 17.5. The van der Waals surface area contributed by atoms with E-state index < -0.39 is 10.0 Å². The highest BCUT2D eigenvalue weighted by molar-refractivity contribution is 7.90. The zero-order chi connectivity index (χ0) is 22.3. The summed E-state index contributed by atoms with van der Waals surface area (Å²) >= 11 is 5.97. The van der Waals surface area contributed by atoms with Crippen molar-refractivity contribution in [1.29, 1.82) is 0 Å². The molecule has 1 N–H and O–H groups in total. The number of ether oxygens (including phenoxy) is 1. The average molecular weight is 452 g/mol. The van der Waals surface area contributed by atoms with Crippen LogP contribution in [0, 0.1) is 0 Å². The summed E-state index contributed by atoms with van der Waals surface area (Å²) in [5.74, 6) is 0.110. The number of carbonyl (C=O) groups excluding carboxylic acids is 1. The van der Waals surface area contributed by atoms with E-state index in [1.807, 2.05) is 13.0 Å². The van der Waals surface area contributed by atoms with Crippen molar-refractivity contribution in [2.24, 2.45) is 4.40 Å². The van der Waals surface area contributed by atoms with Crippen LogP contribution in [-0.2, 0) is 22.9 Å². The van der Waals surface area contributed by atoms with Crippen LogP contribution in [0.1, 0.15) is 28.4 Å². The number of nitrogens with zero attached hydrogens (tertiary/aromatic N) is 2. The van der Waals surface area contributed by atoms with Gasteiger partial charge in [-0.05, 0) is 48.2 Å². The minimum atomic E-state index is -3.81. The Labute approximate surface area is 182 Å². The van der Waals surface area contributed by atoms with Crippen LogP contribution in [0.5, 0.6) is 5.75 Å². The van der Waals surface area contributed by atoms with E-state index >= 15 is 0 Å². The molecule has 0 fully saturated rings. The molecule has 0 radical (unpaired) electrons. The van der Waals surface area contributed by atoms with Gasteiger partial charge >= 0.3 is 0 Å². The topological polar surface area (TPSA) is 88.1 Å². The van der Waals surface area contributed by atoms with Gasteiger partial charge in [-0.25, -0.2) is 0 Å². The molecule has 0 aliphatic rings. The highest BCUT2D eigenvalue weighted by Gasteiger charge is 2.18. The summed E-state index contributed by atoms with van der Waals surface area (Å²) in [7, 11) is 1.08. The summed E-state index contributed by atoms with van der Waals surface area (Å²) in [6.07, 6.45) is 2.29. The molecule has 2 aromatic carbocycles. The quantitative estimate of drug-likeness (QED) is 0.467. The minimum absolute atomic E-state index is 0.184. The lowest BCUT2D eigenvalue weighted by Gasteiger charge is -2.12. The molecule has 0 saturated heterocycles. The predicted molar refractivity (Wildman–Crippen MR) is 119 cm³/mol. The number of nitrogens with one attached hydrogen (secondary N) is 1. The van der Waals surface area contributed by atoms with Gasteiger partial charge in [-0.15, -0.1) is 4.40 Å². The molecule has 1 amide bonds. The number of methoxy groups -OCH3 is 1. The first-order valence-electron chi connectivity index (χ1n) is 9.38. The fourth-order valence-corrected chi connectivity index (χ4v) is 4.22. The third kappa shape index (κ3) is 6.21. The lowest BCUT2D eigenvalue weighted by Crippen LogP contribution is -2.26. The maximum absolute atomic E-state index is 12.6. The number of carbonyl (C=O) groups is 1. The molecule has 0 aliphatic heterocycles. The Kier molecular flexibility index (Phi) is 8.25. The Morgan fingerprint density at radius 2 is 1.97 bits per heavy atom. The van der Waals surface area contributed by atoms with Crippen LogP contribution >= 0.6 is 11.6 Å². The number of amides is 1. The fraction of sp³-hybridized carbons (Fsp3) is 0.333. The van der Waals surface area contributed by atoms with Crippen LogP contribution in [-0.4, -0.2) is 53.3 Å². The lowest BCUT2D eigenvalue weighted by molar-refractivity contribution is 0.0951. The van der Waals surface area contributed by atoms with E-state index in [1.165, 1.54) is 13.4 Å². The van der Waals surface area contributed by atoms with Crippen molar-refractivity contribution in [3.63, 3.8) is 0 Å². The SMILES string of the molecule is CCc1ccc(CCNC(=O)c2cc(Cl)ccc2OC)cc1S(=O)(=O)/N=C/N(C)C. The van der Waals surface area contributed by atoms with Gasteiger partial charge in [0.05, 0.1) is 17.6 Å². The Morgan fingerprint density at radius 3 is 2.60 bits per heavy atom. The van der Waals surface area contributed by atoms with Crippen molar-refractivity contribution in [3.8, 4) is 5.75 Å². The van der Waals surface area contributed by atoms with Crippen LogP contribution in [0.15, 0.2) is 45.7 Å². The summed E-state index contributed by atoms with van der Waals surface area (Å²) < 4.78 is 34.2. The van der Waals surface area contributed by atoms with Crippen molar-refractivity contribution >= 4 is 33.9 Å². The van der Waals surface area contributed by atoms with E-state index in [9.17, 15) is 13.2 Å². The van der Waals surface area contributed by atoms with Crippen molar-refractivity contribution < 1.29 is 17.9 Å². The van der Waals surface area contributed by atoms with Gasteiger partial charge in [0.1, 0.15) is 12.1 Å². The van der Waals surface area contributed by atoms with E-state index in [0.717, 1.165) is 5.56 Å². The molecular weight excluding hydrogens is 426 g/mol. The second-order valence-corrected chi connectivity index (χ2v) is 8.84. The van der Waals surface area contributed by atoms with Gasteiger partial charge in [0.25, 0.3) is 15.9 Å². The smallest absolute Gasteiger partial charge is 0.283 e. The Hall–Kier alpha value is -2.58. The summed E-state index contributed by atoms with van der Waals surface area (Å²) in [6.45, 7) is 2.21. The molecule has 0 unspecified atom stereocenters. The van der Waals surface area contributed by atoms with Gasteiger partial charge in [-0.2, -0.15) is 8.42 Å². The summed E-state index contributed by atoms with van der Waals surface area (Å²) in [5.41, 5.74) is 1.82. The molecule has 7 nitrogen and oxygen atoms in total. The highest BCUT2D eigenvalue weighted by atomic mass is 35.5. The van der Waals surface area contributed by atoms with E-state index in [-0.39, 0.29) is 10.8 Å². The molecule has 0 heterocycles. The maximum atomic E-state index is 12.6. The highest BCUT2D eigenvalue weighted by Crippen LogP contribution is 2.23. The second-order valence-electron chi connectivity index (χ2n) is 6.81. The zero-order valence-corrected chi connectivity index (χ0v) is 19.0. The first kappa shape index (κ1) is 23.7. The van der Waals surface area contributed by atoms with E-state index in [2.05, 4.69) is 9.71 Å². The number of halogens is 1. The van der Waals surface area contributed by atoms with Gasteiger partial charge in [-0.3, -0.25) is 4.79 Å². The molecule has 162 valence electrons. The lowest BCUT2D eigenvalue weighted by atomic mass is 10.1. The molecule has 0 aliphatic carbocycles. The van der Waals surface area contributed by atoms with Crippen LogP contribution in [0.4, 0.5) is 0 Å². The molecule has 0 saturated carbocycles. The van der Waals surface area contributed by atoms with Crippen molar-refractivity contribution in [3.05, 3.63) is 58.1 Å². The molecule has 0 atom stereocenters. The predicted octanol–water partition coefficient (Wildman–Crippen LogP) is 3.16. The van der Waals surface area contributed by atoms with Crippen LogP contribution in [0.2, 0.25) is 5.02 Å². The number of sulfonamides is 1. The van der Waals surface area contributed by atoms with Gasteiger partial charge < -0.3 is 15.0 Å². The van der Waals surface area contributed by atoms with Crippen molar-refractivity contribution in [1.82, 2.24) is 10.2 Å². The Bertz CT molecular complexity index is 1040. The standard InChI is InChI=1S/C21H26ClN3O4S/c1-5-16-7-6-15(12-20(16)30(27,28)24-14-25(2)3)10-11-23-21(26)18-13-17(22)8-9-19(18)29-4/h6-9,12-14H,5,10-11H2,1-4H3,(H,23,26)/b24-14+. The number of rotatable bonds is 9. The number of benzene rings is 2. The van der Waals surface area contributed by atoms with E-state index in [0.29, 0.717) is 41.3 Å². The van der Waals surface area contributed by atoms with Crippen LogP contribution < -0.4 is 10.1 Å². The molecule has 0 bridgehead atoms. The van der Waals surface area contributed by atoms with Gasteiger partial charge in [0.2, 0.25) is 0 Å². The number of aryl methyl sites for hydroxylation is 1. The van der Waals surface area contributed by atoms with E-state index in [1.54, 1.807) is 49.3 Å². The van der Waals surface area contributed by atoms with Gasteiger partial charge in [0.15, 0.2) is 0 Å². The maximum Gasteiger partial charge on any atom is 0.283 e. The molecule has 9 heteroatoms. The normalized spacial score (nSPS) is 11.5. The molecule has 2 rings (SSSR count). The van der Waals surface area contributed by atoms with E-state index in [4.69, 9.17) is 16.3 Å². The third-order valence-electron chi connectivity index (χ3n) is 4.31. The van der Waals surface area contributed by atoms with Crippen LogP contribution in [0.25, 0.3) is 0 Å². The van der Waals surface area contributed by atoms with Gasteiger partial charge in [-0.1, -0.05) is 30.7 Å². The molecule has 0 spiro atoms. The van der Waals surface area contributed by atoms with Crippen LogP contribution in [0.3, 0.4) is 0 Å². The number of hydrogen-bond acceptors (Lipinski definition) is 4. The van der Waals surface area contributed by atoms with Crippen molar-refractivity contribution in [2.45, 2.75) is 24.7 Å². The third-order valence-corrected chi connectivity index (χ3v) is 5.86. The molecule has 0 aromatic heterocycles. The Morgan fingerprint density at radius 1 is 1.23 bits per heavy atom. The van der Waals surface area contributed by atoms with Crippen molar-refractivity contribution in [2.75, 3.05) is 27.7 Å². The first-order valence-corrected chi connectivity index (χ1v) is 11.2. The Balaban J connectivity index is 2.15. The summed E-state index contributed by atoms with van der Waals surface area (Å²) in [5, 5.41) is 3.25. The molecule has 2 aromatic rings. The number of hydrogen-bond donors (Lipinski definition) is 1. The first-order chi connectivity index (χ1) is 14.2. The summed E-state index contributed by atoms with van der Waals surface area (Å²) in [6, 6.07) is 10.1. The molecular formula is C21H26ClN3O4S. The minimum Gasteiger partial charge on any atom is -0.496 e. The average Bonchev–Trinajstić information content (AvgIpc) is 2.72. The monoisotopic (exact) mass is 451 g/mol. The fourth-order valence-electron chi connectivity index (χ4n) is 2.77. The van der Waals surface area contributed by atoms with Gasteiger partial charge in [0, 0.05) is 25.7 Å².